The predicted molar refractivity (Wildman–Crippen MR) is 119 cm³/mol. The van der Waals surface area contributed by atoms with E-state index in [1.807, 2.05) is 48.5 Å². The maximum Gasteiger partial charge on any atom is 0.338 e. The molecule has 0 fully saturated rings. The van der Waals surface area contributed by atoms with Crippen molar-refractivity contribution in [1.29, 1.82) is 0 Å². The van der Waals surface area contributed by atoms with E-state index in [4.69, 9.17) is 9.47 Å². The highest BCUT2D eigenvalue weighted by atomic mass is 32.2. The number of esters is 1. The third kappa shape index (κ3) is 5.83. The highest BCUT2D eigenvalue weighted by molar-refractivity contribution is 7.97. The van der Waals surface area contributed by atoms with Crippen LogP contribution in [0.2, 0.25) is 0 Å². The van der Waals surface area contributed by atoms with Crippen LogP contribution in [0.25, 0.3) is 0 Å². The summed E-state index contributed by atoms with van der Waals surface area (Å²) in [6, 6.07) is 28.2. The summed E-state index contributed by atoms with van der Waals surface area (Å²) in [6.45, 7) is 5.42. The normalized spacial score (nSPS) is 11.8. The van der Waals surface area contributed by atoms with Gasteiger partial charge in [0.05, 0.1) is 23.1 Å². The number of benzene rings is 3. The van der Waals surface area contributed by atoms with Crippen molar-refractivity contribution in [2.75, 3.05) is 13.2 Å². The molecular weight excluding hydrogens is 396 g/mol. The van der Waals surface area contributed by atoms with Gasteiger partial charge < -0.3 is 14.6 Å². The first-order valence-electron chi connectivity index (χ1n) is 9.63. The van der Waals surface area contributed by atoms with E-state index < -0.39 is 12.3 Å². The molecule has 0 saturated carbocycles. The molecule has 3 aromatic rings. The molecule has 0 heterocycles. The molecule has 0 aromatic heterocycles. The summed E-state index contributed by atoms with van der Waals surface area (Å²) in [5.41, 5.74) is 0.980. The minimum Gasteiger partial charge on any atom is -0.460 e. The van der Waals surface area contributed by atoms with Crippen molar-refractivity contribution >= 4 is 16.9 Å². The number of rotatable bonds is 9. The summed E-state index contributed by atoms with van der Waals surface area (Å²) in [7, 11) is -0.261. The predicted octanol–water partition coefficient (Wildman–Crippen LogP) is 4.85. The third-order valence-corrected chi connectivity index (χ3v) is 6.53. The Kier molecular flexibility index (Phi) is 7.85. The molecule has 154 valence electrons. The molecule has 0 aliphatic rings. The van der Waals surface area contributed by atoms with Crippen molar-refractivity contribution < 1.29 is 19.4 Å². The first-order chi connectivity index (χ1) is 14.6. The molecule has 0 aliphatic carbocycles. The average Bonchev–Trinajstić information content (AvgIpc) is 2.78. The molecule has 0 amide bonds. The van der Waals surface area contributed by atoms with Crippen LogP contribution >= 0.6 is 0 Å². The van der Waals surface area contributed by atoms with Crippen LogP contribution in [-0.4, -0.2) is 30.6 Å². The second-order valence-electron chi connectivity index (χ2n) is 6.66. The SMILES string of the molecule is C=C(C)C(O)OCCOC(=O)c1ccc([S+](c2ccccc2)c2ccccc2)cc1. The largest absolute Gasteiger partial charge is 0.460 e. The second kappa shape index (κ2) is 10.8. The van der Waals surface area contributed by atoms with Gasteiger partial charge >= 0.3 is 5.97 Å². The van der Waals surface area contributed by atoms with Crippen LogP contribution in [0.4, 0.5) is 0 Å². The highest BCUT2D eigenvalue weighted by Crippen LogP contribution is 2.31. The second-order valence-corrected chi connectivity index (χ2v) is 8.69. The molecule has 1 N–H and O–H groups in total. The van der Waals surface area contributed by atoms with Gasteiger partial charge in [-0.05, 0) is 61.0 Å². The molecule has 3 rings (SSSR count). The number of aliphatic hydroxyl groups is 1. The van der Waals surface area contributed by atoms with Crippen LogP contribution in [0, 0.1) is 0 Å². The monoisotopic (exact) mass is 421 g/mol. The summed E-state index contributed by atoms with van der Waals surface area (Å²) in [6.07, 6.45) is -1.04. The Labute approximate surface area is 180 Å². The molecule has 1 atom stereocenters. The van der Waals surface area contributed by atoms with Crippen LogP contribution in [0.5, 0.6) is 0 Å². The fourth-order valence-electron chi connectivity index (χ4n) is 2.77. The van der Waals surface area contributed by atoms with Gasteiger partial charge in [0.15, 0.2) is 21.0 Å². The summed E-state index contributed by atoms with van der Waals surface area (Å²) >= 11 is 0. The average molecular weight is 422 g/mol. The lowest BCUT2D eigenvalue weighted by Gasteiger charge is -2.12. The highest BCUT2D eigenvalue weighted by Gasteiger charge is 2.28. The molecule has 5 heteroatoms. The molecule has 1 unspecified atom stereocenters. The smallest absolute Gasteiger partial charge is 0.338 e. The van der Waals surface area contributed by atoms with Gasteiger partial charge in [0, 0.05) is 0 Å². The lowest BCUT2D eigenvalue weighted by Crippen LogP contribution is -2.18. The standard InChI is InChI=1S/C25H25O4S/c1-19(2)24(26)28-17-18-29-25(27)20-13-15-23(16-14-20)30(21-9-5-3-6-10-21)22-11-7-4-8-12-22/h3-16,24,26H,1,17-18H2,2H3/q+1. The van der Waals surface area contributed by atoms with Gasteiger partial charge in [-0.3, -0.25) is 0 Å². The van der Waals surface area contributed by atoms with Gasteiger partial charge in [-0.15, -0.1) is 0 Å². The minimum atomic E-state index is -1.04. The van der Waals surface area contributed by atoms with E-state index in [2.05, 4.69) is 30.8 Å². The summed E-state index contributed by atoms with van der Waals surface area (Å²) in [4.78, 5) is 15.8. The topological polar surface area (TPSA) is 55.8 Å². The lowest BCUT2D eigenvalue weighted by molar-refractivity contribution is -0.0828. The van der Waals surface area contributed by atoms with Gasteiger partial charge in [0.1, 0.15) is 6.61 Å². The summed E-state index contributed by atoms with van der Waals surface area (Å²) in [5.74, 6) is -0.422. The summed E-state index contributed by atoms with van der Waals surface area (Å²) in [5, 5.41) is 9.52. The van der Waals surface area contributed by atoms with E-state index in [1.165, 1.54) is 9.79 Å². The van der Waals surface area contributed by atoms with Crippen LogP contribution in [-0.2, 0) is 20.4 Å². The Bertz CT molecular complexity index is 916. The number of hydrogen-bond acceptors (Lipinski definition) is 4. The molecule has 4 nitrogen and oxygen atoms in total. The number of carbonyl (C=O) groups excluding carboxylic acids is 1. The van der Waals surface area contributed by atoms with Crippen molar-refractivity contribution in [3.05, 3.63) is 103 Å². The lowest BCUT2D eigenvalue weighted by atomic mass is 10.2. The minimum absolute atomic E-state index is 0.0589. The molecular formula is C25H25O4S+. The number of aliphatic hydroxyl groups excluding tert-OH is 1. The maximum absolute atomic E-state index is 12.3. The summed E-state index contributed by atoms with van der Waals surface area (Å²) < 4.78 is 10.3. The van der Waals surface area contributed by atoms with Crippen molar-refractivity contribution in [1.82, 2.24) is 0 Å². The van der Waals surface area contributed by atoms with E-state index in [9.17, 15) is 9.90 Å². The van der Waals surface area contributed by atoms with Crippen LogP contribution in [0.1, 0.15) is 17.3 Å². The molecule has 30 heavy (non-hydrogen) atoms. The fourth-order valence-corrected chi connectivity index (χ4v) is 4.85. The molecule has 0 spiro atoms. The van der Waals surface area contributed by atoms with Crippen molar-refractivity contribution in [2.24, 2.45) is 0 Å². The zero-order valence-electron chi connectivity index (χ0n) is 16.9. The number of carbonyl (C=O) groups is 1. The number of hydrogen-bond donors (Lipinski definition) is 1. The van der Waals surface area contributed by atoms with Crippen molar-refractivity contribution in [3.8, 4) is 0 Å². The van der Waals surface area contributed by atoms with Crippen LogP contribution < -0.4 is 0 Å². The van der Waals surface area contributed by atoms with Gasteiger partial charge in [-0.25, -0.2) is 4.79 Å². The van der Waals surface area contributed by atoms with E-state index in [0.29, 0.717) is 11.1 Å². The quantitative estimate of drug-likeness (QED) is 0.176. The molecule has 0 radical (unpaired) electrons. The van der Waals surface area contributed by atoms with E-state index in [-0.39, 0.29) is 24.1 Å². The molecule has 0 bridgehead atoms. The van der Waals surface area contributed by atoms with E-state index in [1.54, 1.807) is 19.1 Å². The van der Waals surface area contributed by atoms with E-state index >= 15 is 0 Å². The van der Waals surface area contributed by atoms with Gasteiger partial charge in [0.2, 0.25) is 0 Å². The number of ether oxygens (including phenoxy) is 2. The Hall–Kier alpha value is -2.86. The van der Waals surface area contributed by atoms with Gasteiger partial charge in [-0.2, -0.15) is 0 Å². The van der Waals surface area contributed by atoms with Crippen LogP contribution in [0.3, 0.4) is 0 Å². The zero-order valence-corrected chi connectivity index (χ0v) is 17.7. The Morgan fingerprint density at radius 2 is 1.37 bits per heavy atom. The molecule has 0 saturated heterocycles. The van der Waals surface area contributed by atoms with Crippen molar-refractivity contribution in [2.45, 2.75) is 27.9 Å². The zero-order chi connectivity index (χ0) is 21.3. The molecule has 0 aliphatic heterocycles. The Morgan fingerprint density at radius 3 is 1.87 bits per heavy atom. The van der Waals surface area contributed by atoms with Gasteiger partial charge in [-0.1, -0.05) is 43.0 Å². The van der Waals surface area contributed by atoms with Crippen LogP contribution in [0.15, 0.2) is 112 Å². The maximum atomic E-state index is 12.3. The first kappa shape index (κ1) is 21.8. The van der Waals surface area contributed by atoms with Gasteiger partial charge in [0.25, 0.3) is 0 Å². The first-order valence-corrected chi connectivity index (χ1v) is 10.9. The van der Waals surface area contributed by atoms with Crippen molar-refractivity contribution in [3.63, 3.8) is 0 Å². The fraction of sp³-hybridized carbons (Fsp3) is 0.160. The Balaban J connectivity index is 1.70. The molecule has 3 aromatic carbocycles. The third-order valence-electron chi connectivity index (χ3n) is 4.30. The Morgan fingerprint density at radius 1 is 0.867 bits per heavy atom. The van der Waals surface area contributed by atoms with E-state index in [0.717, 1.165) is 4.90 Å².